The van der Waals surface area contributed by atoms with Gasteiger partial charge in [-0.1, -0.05) is 0 Å². The smallest absolute Gasteiger partial charge is 0.290 e. The summed E-state index contributed by atoms with van der Waals surface area (Å²) in [5, 5.41) is 10.0. The number of methoxy groups -OCH3 is 1. The van der Waals surface area contributed by atoms with Crippen LogP contribution in [0.1, 0.15) is 29.0 Å². The number of aryl methyl sites for hydroxylation is 1. The van der Waals surface area contributed by atoms with Gasteiger partial charge in [0, 0.05) is 23.5 Å². The van der Waals surface area contributed by atoms with Crippen molar-refractivity contribution in [3.05, 3.63) is 29.5 Å². The van der Waals surface area contributed by atoms with E-state index in [-0.39, 0.29) is 18.6 Å². The van der Waals surface area contributed by atoms with Gasteiger partial charge in [0.2, 0.25) is 0 Å². The molecule has 21 heavy (non-hydrogen) atoms. The molecular weight excluding hydrogens is 270 g/mol. The van der Waals surface area contributed by atoms with Gasteiger partial charge >= 0.3 is 0 Å². The van der Waals surface area contributed by atoms with Crippen LogP contribution in [0.15, 0.2) is 22.6 Å². The Hall–Kier alpha value is -2.01. The van der Waals surface area contributed by atoms with Gasteiger partial charge in [0.15, 0.2) is 5.76 Å². The Bertz CT molecular complexity index is 672. The summed E-state index contributed by atoms with van der Waals surface area (Å²) in [6, 6.07) is 5.74. The van der Waals surface area contributed by atoms with Crippen molar-refractivity contribution in [2.75, 3.05) is 20.3 Å². The Labute approximate surface area is 123 Å². The van der Waals surface area contributed by atoms with E-state index in [1.165, 1.54) is 0 Å². The molecule has 0 spiro atoms. The van der Waals surface area contributed by atoms with E-state index < -0.39 is 0 Å². The number of hydrogen-bond acceptors (Lipinski definition) is 4. The molecule has 5 nitrogen and oxygen atoms in total. The predicted molar refractivity (Wildman–Crippen MR) is 78.6 cm³/mol. The quantitative estimate of drug-likeness (QED) is 0.917. The van der Waals surface area contributed by atoms with E-state index in [0.717, 1.165) is 29.5 Å². The fraction of sp³-hybridized carbons (Fsp3) is 0.438. The molecule has 0 saturated heterocycles. The van der Waals surface area contributed by atoms with Gasteiger partial charge in [-0.25, -0.2) is 0 Å². The van der Waals surface area contributed by atoms with Crippen LogP contribution < -0.4 is 4.74 Å². The molecule has 1 aromatic carbocycles. The second kappa shape index (κ2) is 5.41. The van der Waals surface area contributed by atoms with E-state index in [4.69, 9.17) is 14.3 Å². The number of ether oxygens (including phenoxy) is 1. The van der Waals surface area contributed by atoms with Gasteiger partial charge in [0.25, 0.3) is 5.91 Å². The van der Waals surface area contributed by atoms with Gasteiger partial charge < -0.3 is 19.2 Å². The summed E-state index contributed by atoms with van der Waals surface area (Å²) in [6.45, 7) is 2.20. The summed E-state index contributed by atoms with van der Waals surface area (Å²) < 4.78 is 10.9. The number of rotatable bonds is 5. The van der Waals surface area contributed by atoms with E-state index in [9.17, 15) is 4.79 Å². The second-order valence-electron chi connectivity index (χ2n) is 5.37. The largest absolute Gasteiger partial charge is 0.497 e. The Morgan fingerprint density at radius 3 is 2.86 bits per heavy atom. The maximum atomic E-state index is 12.7. The van der Waals surface area contributed by atoms with Gasteiger partial charge in [-0.15, -0.1) is 0 Å². The van der Waals surface area contributed by atoms with Crippen molar-refractivity contribution in [2.45, 2.75) is 25.8 Å². The first-order valence-electron chi connectivity index (χ1n) is 7.14. The normalized spacial score (nSPS) is 14.4. The highest BCUT2D eigenvalue weighted by molar-refractivity contribution is 5.99. The summed E-state index contributed by atoms with van der Waals surface area (Å²) in [4.78, 5) is 14.4. The lowest BCUT2D eigenvalue weighted by atomic mass is 10.1. The van der Waals surface area contributed by atoms with Crippen molar-refractivity contribution in [3.63, 3.8) is 0 Å². The molecule has 1 aliphatic carbocycles. The van der Waals surface area contributed by atoms with E-state index in [2.05, 4.69) is 0 Å². The zero-order chi connectivity index (χ0) is 15.0. The Balaban J connectivity index is 1.99. The lowest BCUT2D eigenvalue weighted by Gasteiger charge is -2.20. The minimum atomic E-state index is -0.140. The number of fused-ring (bicyclic) bond motifs is 1. The number of aliphatic hydroxyl groups is 1. The van der Waals surface area contributed by atoms with Crippen LogP contribution in [0.4, 0.5) is 0 Å². The summed E-state index contributed by atoms with van der Waals surface area (Å²) in [5.41, 5.74) is 1.49. The molecule has 112 valence electrons. The highest BCUT2D eigenvalue weighted by atomic mass is 16.5. The molecule has 1 aliphatic rings. The molecule has 0 radical (unpaired) electrons. The van der Waals surface area contributed by atoms with Crippen molar-refractivity contribution in [1.29, 1.82) is 0 Å². The van der Waals surface area contributed by atoms with Gasteiger partial charge in [0.05, 0.1) is 13.7 Å². The minimum Gasteiger partial charge on any atom is -0.497 e. The Kier molecular flexibility index (Phi) is 3.59. The topological polar surface area (TPSA) is 62.9 Å². The van der Waals surface area contributed by atoms with E-state index in [1.807, 2.05) is 25.1 Å². The molecule has 0 bridgehead atoms. The molecule has 0 unspecified atom stereocenters. The molecule has 0 atom stereocenters. The van der Waals surface area contributed by atoms with Gasteiger partial charge in [-0.3, -0.25) is 4.79 Å². The standard InChI is InChI=1S/C16H19NO4/c1-10-13-9-12(20-2)5-6-14(13)21-15(10)16(19)17(7-8-18)11-3-4-11/h5-6,9,11,18H,3-4,7-8H2,1-2H3. The van der Waals surface area contributed by atoms with Crippen LogP contribution in [0, 0.1) is 6.92 Å². The van der Waals surface area contributed by atoms with Gasteiger partial charge in [0.1, 0.15) is 11.3 Å². The average molecular weight is 289 g/mol. The first-order chi connectivity index (χ1) is 10.2. The number of benzene rings is 1. The van der Waals surface area contributed by atoms with Crippen LogP contribution in [0.2, 0.25) is 0 Å². The van der Waals surface area contributed by atoms with E-state index >= 15 is 0 Å². The van der Waals surface area contributed by atoms with Gasteiger partial charge in [-0.05, 0) is 38.0 Å². The first-order valence-corrected chi connectivity index (χ1v) is 7.14. The molecule has 1 fully saturated rings. The SMILES string of the molecule is COc1ccc2oc(C(=O)N(CCO)C3CC3)c(C)c2c1. The first kappa shape index (κ1) is 13.9. The molecule has 1 aromatic heterocycles. The number of aliphatic hydroxyl groups excluding tert-OH is 1. The lowest BCUT2D eigenvalue weighted by molar-refractivity contribution is 0.0677. The summed E-state index contributed by atoms with van der Waals surface area (Å²) in [7, 11) is 1.61. The van der Waals surface area contributed by atoms with E-state index in [0.29, 0.717) is 17.9 Å². The molecule has 2 aromatic rings. The Morgan fingerprint density at radius 1 is 1.48 bits per heavy atom. The average Bonchev–Trinajstić information content (AvgIpc) is 3.28. The van der Waals surface area contributed by atoms with E-state index in [1.54, 1.807) is 12.0 Å². The number of amides is 1. The molecule has 5 heteroatoms. The molecule has 1 saturated carbocycles. The van der Waals surface area contributed by atoms with Crippen LogP contribution in [-0.4, -0.2) is 42.2 Å². The molecule has 1 heterocycles. The van der Waals surface area contributed by atoms with Crippen LogP contribution in [0.3, 0.4) is 0 Å². The van der Waals surface area contributed by atoms with Crippen molar-refractivity contribution in [3.8, 4) is 5.75 Å². The number of nitrogens with zero attached hydrogens (tertiary/aromatic N) is 1. The number of carbonyl (C=O) groups is 1. The predicted octanol–water partition coefficient (Wildman–Crippen LogP) is 2.35. The molecular formula is C16H19NO4. The van der Waals surface area contributed by atoms with Gasteiger partial charge in [-0.2, -0.15) is 0 Å². The van der Waals surface area contributed by atoms with Crippen molar-refractivity contribution < 1.29 is 19.1 Å². The molecule has 0 aliphatic heterocycles. The van der Waals surface area contributed by atoms with Crippen LogP contribution in [0.5, 0.6) is 5.75 Å². The zero-order valence-corrected chi connectivity index (χ0v) is 12.3. The summed E-state index contributed by atoms with van der Waals surface area (Å²) in [5.74, 6) is 0.956. The molecule has 1 amide bonds. The lowest BCUT2D eigenvalue weighted by Crippen LogP contribution is -2.35. The number of furan rings is 1. The highest BCUT2D eigenvalue weighted by Crippen LogP contribution is 2.32. The number of hydrogen-bond donors (Lipinski definition) is 1. The third kappa shape index (κ3) is 2.49. The van der Waals surface area contributed by atoms with Crippen LogP contribution in [0.25, 0.3) is 11.0 Å². The summed E-state index contributed by atoms with van der Waals surface area (Å²) in [6.07, 6.45) is 2.00. The zero-order valence-electron chi connectivity index (χ0n) is 12.3. The van der Waals surface area contributed by atoms with Crippen molar-refractivity contribution in [2.24, 2.45) is 0 Å². The minimum absolute atomic E-state index is 0.0324. The number of carbonyl (C=O) groups excluding carboxylic acids is 1. The highest BCUT2D eigenvalue weighted by Gasteiger charge is 2.34. The maximum Gasteiger partial charge on any atom is 0.290 e. The fourth-order valence-corrected chi connectivity index (χ4v) is 2.61. The monoisotopic (exact) mass is 289 g/mol. The van der Waals surface area contributed by atoms with Crippen LogP contribution >= 0.6 is 0 Å². The maximum absolute atomic E-state index is 12.7. The third-order valence-corrected chi connectivity index (χ3v) is 3.93. The molecule has 1 N–H and O–H groups in total. The summed E-state index contributed by atoms with van der Waals surface area (Å²) >= 11 is 0. The van der Waals surface area contributed by atoms with Crippen LogP contribution in [-0.2, 0) is 0 Å². The second-order valence-corrected chi connectivity index (χ2v) is 5.37. The Morgan fingerprint density at radius 2 is 2.24 bits per heavy atom. The third-order valence-electron chi connectivity index (χ3n) is 3.93. The molecule has 3 rings (SSSR count). The van der Waals surface area contributed by atoms with Crippen molar-refractivity contribution in [1.82, 2.24) is 4.90 Å². The fourth-order valence-electron chi connectivity index (χ4n) is 2.61. The van der Waals surface area contributed by atoms with Crippen molar-refractivity contribution >= 4 is 16.9 Å².